The van der Waals surface area contributed by atoms with Crippen molar-refractivity contribution in [1.82, 2.24) is 15.5 Å². The minimum atomic E-state index is 0.164. The quantitative estimate of drug-likeness (QED) is 0.851. The summed E-state index contributed by atoms with van der Waals surface area (Å²) in [5.74, 6) is 0.606. The Kier molecular flexibility index (Phi) is 4.55. The van der Waals surface area contributed by atoms with E-state index in [4.69, 9.17) is 4.42 Å². The van der Waals surface area contributed by atoms with E-state index in [1.165, 1.54) is 15.3 Å². The fraction of sp³-hybridized carbons (Fsp3) is 0.538. The molecular weight excluding hydrogens is 260 g/mol. The van der Waals surface area contributed by atoms with Crippen molar-refractivity contribution in [2.75, 3.05) is 11.9 Å². The third kappa shape index (κ3) is 3.54. The molecule has 6 heteroatoms. The molecule has 0 bridgehead atoms. The average Bonchev–Trinajstić information content (AvgIpc) is 2.93. The Morgan fingerprint density at radius 2 is 2.16 bits per heavy atom. The van der Waals surface area contributed by atoms with Gasteiger partial charge in [0.2, 0.25) is 5.89 Å². The lowest BCUT2D eigenvalue weighted by Crippen LogP contribution is -2.11. The third-order valence-electron chi connectivity index (χ3n) is 2.88. The minimum Gasteiger partial charge on any atom is -0.407 e. The number of aromatic nitrogens is 2. The summed E-state index contributed by atoms with van der Waals surface area (Å²) in [7, 11) is 0. The fourth-order valence-electron chi connectivity index (χ4n) is 1.96. The van der Waals surface area contributed by atoms with E-state index < -0.39 is 0 Å². The smallest absolute Gasteiger partial charge is 0.315 e. The van der Waals surface area contributed by atoms with Crippen molar-refractivity contribution in [3.63, 3.8) is 0 Å². The molecule has 5 nitrogen and oxygen atoms in total. The van der Waals surface area contributed by atoms with Crippen LogP contribution in [0.3, 0.4) is 0 Å². The van der Waals surface area contributed by atoms with Crippen molar-refractivity contribution in [2.24, 2.45) is 0 Å². The van der Waals surface area contributed by atoms with Crippen molar-refractivity contribution in [1.29, 1.82) is 0 Å². The number of aryl methyl sites for hydroxylation is 2. The van der Waals surface area contributed by atoms with Gasteiger partial charge >= 0.3 is 6.01 Å². The van der Waals surface area contributed by atoms with Crippen LogP contribution < -0.4 is 10.6 Å². The zero-order valence-corrected chi connectivity index (χ0v) is 12.6. The van der Waals surface area contributed by atoms with Crippen molar-refractivity contribution in [2.45, 2.75) is 40.3 Å². The average molecular weight is 280 g/mol. The summed E-state index contributed by atoms with van der Waals surface area (Å²) in [5.41, 5.74) is 1.29. The molecular formula is C13H20N4OS. The lowest BCUT2D eigenvalue weighted by Gasteiger charge is -2.11. The Labute approximate surface area is 117 Å². The number of hydrogen-bond acceptors (Lipinski definition) is 6. The van der Waals surface area contributed by atoms with Crippen LogP contribution in [0.4, 0.5) is 6.01 Å². The van der Waals surface area contributed by atoms with Crippen LogP contribution in [0, 0.1) is 13.8 Å². The standard InChI is InChI=1S/C13H20N4OS/c1-5-14-7-12-16-17-13(18-12)15-9(3)11-6-8(2)19-10(11)4/h6,9,14H,5,7H2,1-4H3,(H,15,17). The third-order valence-corrected chi connectivity index (χ3v) is 3.86. The molecule has 0 aromatic carbocycles. The van der Waals surface area contributed by atoms with Gasteiger partial charge in [-0.2, -0.15) is 0 Å². The molecule has 0 aliphatic heterocycles. The zero-order chi connectivity index (χ0) is 13.8. The predicted molar refractivity (Wildman–Crippen MR) is 77.5 cm³/mol. The summed E-state index contributed by atoms with van der Waals surface area (Å²) in [6.45, 7) is 9.89. The van der Waals surface area contributed by atoms with Crippen LogP contribution in [0.1, 0.15) is 41.1 Å². The summed E-state index contributed by atoms with van der Waals surface area (Å²) < 4.78 is 5.53. The van der Waals surface area contributed by atoms with E-state index in [1.54, 1.807) is 0 Å². The number of anilines is 1. The number of thiophene rings is 1. The largest absolute Gasteiger partial charge is 0.407 e. The van der Waals surface area contributed by atoms with Gasteiger partial charge in [0.05, 0.1) is 12.6 Å². The molecule has 2 aromatic heterocycles. The van der Waals surface area contributed by atoms with Gasteiger partial charge in [-0.3, -0.25) is 0 Å². The molecule has 2 N–H and O–H groups in total. The first kappa shape index (κ1) is 14.0. The molecule has 2 heterocycles. The summed E-state index contributed by atoms with van der Waals surface area (Å²) in [6.07, 6.45) is 0. The number of nitrogens with zero attached hydrogens (tertiary/aromatic N) is 2. The van der Waals surface area contributed by atoms with Crippen LogP contribution in [0.5, 0.6) is 0 Å². The molecule has 0 spiro atoms. The molecule has 0 aliphatic carbocycles. The molecule has 2 aromatic rings. The maximum atomic E-state index is 5.53. The van der Waals surface area contributed by atoms with Gasteiger partial charge in [-0.15, -0.1) is 16.4 Å². The minimum absolute atomic E-state index is 0.164. The number of hydrogen-bond donors (Lipinski definition) is 2. The highest BCUT2D eigenvalue weighted by Crippen LogP contribution is 2.28. The summed E-state index contributed by atoms with van der Waals surface area (Å²) in [5, 5.41) is 14.4. The van der Waals surface area contributed by atoms with Gasteiger partial charge in [0.25, 0.3) is 0 Å². The zero-order valence-electron chi connectivity index (χ0n) is 11.8. The van der Waals surface area contributed by atoms with Crippen molar-refractivity contribution in [3.8, 4) is 0 Å². The molecule has 1 atom stereocenters. The highest BCUT2D eigenvalue weighted by Gasteiger charge is 2.14. The van der Waals surface area contributed by atoms with Crippen LogP contribution in [-0.4, -0.2) is 16.7 Å². The molecule has 19 heavy (non-hydrogen) atoms. The van der Waals surface area contributed by atoms with Gasteiger partial charge in [-0.1, -0.05) is 12.0 Å². The summed E-state index contributed by atoms with van der Waals surface area (Å²) in [4.78, 5) is 2.64. The van der Waals surface area contributed by atoms with E-state index in [0.29, 0.717) is 18.5 Å². The van der Waals surface area contributed by atoms with Crippen LogP contribution in [0.2, 0.25) is 0 Å². The monoisotopic (exact) mass is 280 g/mol. The second kappa shape index (κ2) is 6.16. The van der Waals surface area contributed by atoms with E-state index in [1.807, 2.05) is 18.3 Å². The number of rotatable bonds is 6. The molecule has 104 valence electrons. The molecule has 1 unspecified atom stereocenters. The van der Waals surface area contributed by atoms with E-state index >= 15 is 0 Å². The van der Waals surface area contributed by atoms with Crippen molar-refractivity contribution >= 4 is 17.4 Å². The van der Waals surface area contributed by atoms with Gasteiger partial charge in [-0.05, 0) is 38.9 Å². The summed E-state index contributed by atoms with van der Waals surface area (Å²) in [6, 6.07) is 2.84. The van der Waals surface area contributed by atoms with Gasteiger partial charge in [0.1, 0.15) is 0 Å². The molecule has 0 saturated carbocycles. The highest BCUT2D eigenvalue weighted by molar-refractivity contribution is 7.12. The first-order valence-corrected chi connectivity index (χ1v) is 7.28. The van der Waals surface area contributed by atoms with E-state index in [-0.39, 0.29) is 6.04 Å². The SMILES string of the molecule is CCNCc1nnc(NC(C)c2cc(C)sc2C)o1. The Balaban J connectivity index is 2.00. The topological polar surface area (TPSA) is 63.0 Å². The number of nitrogens with one attached hydrogen (secondary N) is 2. The fourth-order valence-corrected chi connectivity index (χ4v) is 2.98. The van der Waals surface area contributed by atoms with Crippen molar-refractivity contribution in [3.05, 3.63) is 27.3 Å². The Morgan fingerprint density at radius 1 is 1.37 bits per heavy atom. The lowest BCUT2D eigenvalue weighted by molar-refractivity contribution is 0.478. The second-order valence-corrected chi connectivity index (χ2v) is 5.98. The molecule has 2 rings (SSSR count). The first-order chi connectivity index (χ1) is 9.10. The van der Waals surface area contributed by atoms with Gasteiger partial charge in [-0.25, -0.2) is 0 Å². The van der Waals surface area contributed by atoms with E-state index in [9.17, 15) is 0 Å². The van der Waals surface area contributed by atoms with Crippen LogP contribution in [0.25, 0.3) is 0 Å². The normalized spacial score (nSPS) is 12.6. The highest BCUT2D eigenvalue weighted by atomic mass is 32.1. The van der Waals surface area contributed by atoms with Crippen LogP contribution in [-0.2, 0) is 6.54 Å². The van der Waals surface area contributed by atoms with E-state index in [2.05, 4.69) is 47.7 Å². The maximum absolute atomic E-state index is 5.53. The second-order valence-electron chi connectivity index (χ2n) is 4.52. The molecule has 0 saturated heterocycles. The predicted octanol–water partition coefficient (Wildman–Crippen LogP) is 3.03. The molecule has 0 aliphatic rings. The Hall–Kier alpha value is -1.40. The molecule has 0 radical (unpaired) electrons. The first-order valence-electron chi connectivity index (χ1n) is 6.46. The Morgan fingerprint density at radius 3 is 2.79 bits per heavy atom. The lowest BCUT2D eigenvalue weighted by atomic mass is 10.1. The van der Waals surface area contributed by atoms with Crippen LogP contribution >= 0.6 is 11.3 Å². The van der Waals surface area contributed by atoms with E-state index in [0.717, 1.165) is 6.54 Å². The molecule has 0 fully saturated rings. The van der Waals surface area contributed by atoms with Crippen LogP contribution in [0.15, 0.2) is 10.5 Å². The maximum Gasteiger partial charge on any atom is 0.315 e. The summed E-state index contributed by atoms with van der Waals surface area (Å²) >= 11 is 1.81. The van der Waals surface area contributed by atoms with Gasteiger partial charge in [0.15, 0.2) is 0 Å². The van der Waals surface area contributed by atoms with Crippen molar-refractivity contribution < 1.29 is 4.42 Å². The molecule has 0 amide bonds. The van der Waals surface area contributed by atoms with Gasteiger partial charge in [0, 0.05) is 9.75 Å². The van der Waals surface area contributed by atoms with Gasteiger partial charge < -0.3 is 15.1 Å². The Bertz CT molecular complexity index is 534.